The summed E-state index contributed by atoms with van der Waals surface area (Å²) >= 11 is 0. The average Bonchev–Trinajstić information content (AvgIpc) is 3.07. The van der Waals surface area contributed by atoms with Crippen LogP contribution in [0.15, 0.2) is 28.8 Å². The largest absolute Gasteiger partial charge is 0.339 e. The van der Waals surface area contributed by atoms with Crippen LogP contribution in [0.25, 0.3) is 0 Å². The summed E-state index contributed by atoms with van der Waals surface area (Å²) in [5, 5.41) is 4.03. The molecule has 2 N–H and O–H groups in total. The lowest BCUT2D eigenvalue weighted by Crippen LogP contribution is -2.34. The van der Waals surface area contributed by atoms with E-state index in [1.54, 1.807) is 6.07 Å². The number of hydrogen-bond acceptors (Lipinski definition) is 4. The fraction of sp³-hybridized carbons (Fsp3) is 0.467. The van der Waals surface area contributed by atoms with Crippen molar-refractivity contribution in [3.05, 3.63) is 47.4 Å². The Labute approximate surface area is 117 Å². The van der Waals surface area contributed by atoms with Crippen molar-refractivity contribution in [3.8, 4) is 0 Å². The summed E-state index contributed by atoms with van der Waals surface area (Å²) in [4.78, 5) is 4.44. The molecule has 1 unspecified atom stereocenters. The summed E-state index contributed by atoms with van der Waals surface area (Å²) in [6.45, 7) is 1.92. The Morgan fingerprint density at radius 3 is 2.80 bits per heavy atom. The van der Waals surface area contributed by atoms with Gasteiger partial charge in [0.2, 0.25) is 5.89 Å². The van der Waals surface area contributed by atoms with Gasteiger partial charge in [-0.2, -0.15) is 4.98 Å². The number of aromatic nitrogens is 2. The molecule has 20 heavy (non-hydrogen) atoms. The Balaban J connectivity index is 1.86. The van der Waals surface area contributed by atoms with Gasteiger partial charge < -0.3 is 10.3 Å². The van der Waals surface area contributed by atoms with Gasteiger partial charge >= 0.3 is 0 Å². The molecular formula is C15H18FN3O. The van der Waals surface area contributed by atoms with Crippen LogP contribution in [-0.4, -0.2) is 10.1 Å². The fourth-order valence-electron chi connectivity index (χ4n) is 2.76. The number of halogens is 1. The van der Waals surface area contributed by atoms with Crippen molar-refractivity contribution < 1.29 is 8.91 Å². The van der Waals surface area contributed by atoms with E-state index in [0.29, 0.717) is 11.7 Å². The molecule has 1 aromatic carbocycles. The quantitative estimate of drug-likeness (QED) is 0.934. The Morgan fingerprint density at radius 2 is 2.10 bits per heavy atom. The maximum Gasteiger partial charge on any atom is 0.233 e. The molecular weight excluding hydrogens is 257 g/mol. The van der Waals surface area contributed by atoms with Gasteiger partial charge in [-0.15, -0.1) is 0 Å². The van der Waals surface area contributed by atoms with E-state index in [4.69, 9.17) is 10.3 Å². The molecule has 0 radical (unpaired) electrons. The number of hydrogen-bond donors (Lipinski definition) is 1. The molecule has 1 fully saturated rings. The first-order valence-electron chi connectivity index (χ1n) is 6.97. The first-order chi connectivity index (χ1) is 9.58. The molecule has 0 bridgehead atoms. The molecule has 1 aliphatic rings. The van der Waals surface area contributed by atoms with E-state index in [9.17, 15) is 4.39 Å². The van der Waals surface area contributed by atoms with Crippen LogP contribution in [0.5, 0.6) is 0 Å². The number of nitrogens with zero attached hydrogens (tertiary/aromatic N) is 2. The van der Waals surface area contributed by atoms with Gasteiger partial charge in [0.25, 0.3) is 0 Å². The predicted molar refractivity (Wildman–Crippen MR) is 72.5 cm³/mol. The lowest BCUT2D eigenvalue weighted by Gasteiger charge is -2.17. The van der Waals surface area contributed by atoms with Crippen LogP contribution in [0, 0.1) is 5.82 Å². The Morgan fingerprint density at radius 1 is 1.35 bits per heavy atom. The highest BCUT2D eigenvalue weighted by molar-refractivity contribution is 5.24. The molecule has 1 saturated carbocycles. The first kappa shape index (κ1) is 13.2. The van der Waals surface area contributed by atoms with Gasteiger partial charge in [-0.05, 0) is 37.5 Å². The molecule has 3 rings (SSSR count). The van der Waals surface area contributed by atoms with Crippen LogP contribution in [0.4, 0.5) is 4.39 Å². The maximum absolute atomic E-state index is 13.3. The molecule has 0 saturated heterocycles. The van der Waals surface area contributed by atoms with Crippen molar-refractivity contribution >= 4 is 0 Å². The summed E-state index contributed by atoms with van der Waals surface area (Å²) in [6.07, 6.45) is 3.97. The second-order valence-corrected chi connectivity index (χ2v) is 5.60. The number of rotatable bonds is 3. The second kappa shape index (κ2) is 4.98. The molecule has 1 atom stereocenters. The van der Waals surface area contributed by atoms with Crippen LogP contribution in [-0.2, 0) is 5.54 Å². The highest BCUT2D eigenvalue weighted by Crippen LogP contribution is 2.35. The van der Waals surface area contributed by atoms with Crippen LogP contribution in [0.3, 0.4) is 0 Å². The molecule has 5 heteroatoms. The van der Waals surface area contributed by atoms with Crippen molar-refractivity contribution in [1.82, 2.24) is 10.1 Å². The van der Waals surface area contributed by atoms with E-state index < -0.39 is 5.54 Å². The molecule has 2 aromatic rings. The van der Waals surface area contributed by atoms with E-state index >= 15 is 0 Å². The van der Waals surface area contributed by atoms with Crippen molar-refractivity contribution in [2.24, 2.45) is 5.73 Å². The lowest BCUT2D eigenvalue weighted by atomic mass is 9.98. The molecule has 4 nitrogen and oxygen atoms in total. The van der Waals surface area contributed by atoms with Crippen LogP contribution in [0.1, 0.15) is 55.8 Å². The van der Waals surface area contributed by atoms with Gasteiger partial charge in [0.15, 0.2) is 5.82 Å². The van der Waals surface area contributed by atoms with Crippen molar-refractivity contribution in [1.29, 1.82) is 0 Å². The minimum atomic E-state index is -0.455. The predicted octanol–water partition coefficient (Wildman–Crippen LogP) is 3.09. The lowest BCUT2D eigenvalue weighted by molar-refractivity contribution is 0.344. The van der Waals surface area contributed by atoms with E-state index in [-0.39, 0.29) is 11.7 Å². The summed E-state index contributed by atoms with van der Waals surface area (Å²) in [7, 11) is 0. The number of benzene rings is 1. The highest BCUT2D eigenvalue weighted by atomic mass is 19.1. The Bertz CT molecular complexity index is 605. The topological polar surface area (TPSA) is 64.9 Å². The molecule has 0 spiro atoms. The van der Waals surface area contributed by atoms with Gasteiger partial charge in [0.05, 0.1) is 11.5 Å². The maximum atomic E-state index is 13.3. The van der Waals surface area contributed by atoms with Gasteiger partial charge in [0.1, 0.15) is 5.82 Å². The molecule has 0 amide bonds. The van der Waals surface area contributed by atoms with E-state index in [1.807, 2.05) is 13.0 Å². The van der Waals surface area contributed by atoms with Gasteiger partial charge in [-0.3, -0.25) is 0 Å². The Kier molecular flexibility index (Phi) is 3.30. The third-order valence-corrected chi connectivity index (χ3v) is 4.10. The van der Waals surface area contributed by atoms with Crippen LogP contribution < -0.4 is 5.73 Å². The summed E-state index contributed by atoms with van der Waals surface area (Å²) in [6, 6.07) is 6.44. The minimum absolute atomic E-state index is 0.142. The third-order valence-electron chi connectivity index (χ3n) is 4.10. The Hall–Kier alpha value is -1.75. The smallest absolute Gasteiger partial charge is 0.233 e. The molecule has 1 aliphatic carbocycles. The minimum Gasteiger partial charge on any atom is -0.339 e. The van der Waals surface area contributed by atoms with E-state index in [0.717, 1.165) is 31.2 Å². The molecule has 1 aromatic heterocycles. The summed E-state index contributed by atoms with van der Waals surface area (Å²) < 4.78 is 18.6. The van der Waals surface area contributed by atoms with E-state index in [1.165, 1.54) is 12.1 Å². The first-order valence-corrected chi connectivity index (χ1v) is 6.97. The van der Waals surface area contributed by atoms with Gasteiger partial charge in [-0.25, -0.2) is 4.39 Å². The average molecular weight is 275 g/mol. The zero-order chi connectivity index (χ0) is 14.2. The monoisotopic (exact) mass is 275 g/mol. The van der Waals surface area contributed by atoms with Gasteiger partial charge in [-0.1, -0.05) is 30.1 Å². The third kappa shape index (κ3) is 2.33. The number of nitrogens with two attached hydrogens (primary N) is 1. The van der Waals surface area contributed by atoms with Crippen molar-refractivity contribution in [2.75, 3.05) is 0 Å². The molecule has 106 valence electrons. The normalized spacial score (nSPS) is 19.1. The zero-order valence-electron chi connectivity index (χ0n) is 11.5. The van der Waals surface area contributed by atoms with E-state index in [2.05, 4.69) is 10.1 Å². The van der Waals surface area contributed by atoms with Crippen molar-refractivity contribution in [2.45, 2.75) is 44.1 Å². The molecule has 1 heterocycles. The summed E-state index contributed by atoms with van der Waals surface area (Å²) in [5.41, 5.74) is 6.67. The van der Waals surface area contributed by atoms with Crippen LogP contribution >= 0.6 is 0 Å². The van der Waals surface area contributed by atoms with Gasteiger partial charge in [0, 0.05) is 0 Å². The standard InChI is InChI=1S/C15H18FN3O/c1-10(11-5-4-6-12(16)9-11)13-18-14(19-20-13)15(17)7-2-3-8-15/h4-6,9-10H,2-3,7-8,17H2,1H3. The summed E-state index contributed by atoms with van der Waals surface area (Å²) in [5.74, 6) is 0.660. The highest BCUT2D eigenvalue weighted by Gasteiger charge is 2.36. The fourth-order valence-corrected chi connectivity index (χ4v) is 2.76. The second-order valence-electron chi connectivity index (χ2n) is 5.60. The van der Waals surface area contributed by atoms with Crippen LogP contribution in [0.2, 0.25) is 0 Å². The zero-order valence-corrected chi connectivity index (χ0v) is 11.5. The van der Waals surface area contributed by atoms with Crippen molar-refractivity contribution in [3.63, 3.8) is 0 Å². The molecule has 0 aliphatic heterocycles. The SMILES string of the molecule is CC(c1cccc(F)c1)c1nc(C2(N)CCCC2)no1.